The van der Waals surface area contributed by atoms with Gasteiger partial charge in [-0.15, -0.1) is 10.2 Å². The topological polar surface area (TPSA) is 55.6 Å². The molecule has 1 heterocycles. The fourth-order valence-electron chi connectivity index (χ4n) is 2.36. The van der Waals surface area contributed by atoms with Crippen LogP contribution in [0.2, 0.25) is 0 Å². The lowest BCUT2D eigenvalue weighted by atomic mass is 9.95. The van der Waals surface area contributed by atoms with Gasteiger partial charge >= 0.3 is 0 Å². The molecule has 1 aromatic heterocycles. The summed E-state index contributed by atoms with van der Waals surface area (Å²) < 4.78 is 1.12. The summed E-state index contributed by atoms with van der Waals surface area (Å²) >= 11 is 3.53. The Hall–Kier alpha value is -1.27. The highest BCUT2D eigenvalue weighted by Crippen LogP contribution is 2.16. The van der Waals surface area contributed by atoms with Crippen molar-refractivity contribution in [2.45, 2.75) is 26.2 Å². The lowest BCUT2D eigenvalue weighted by Gasteiger charge is -2.16. The zero-order valence-corrected chi connectivity index (χ0v) is 14.2. The number of aryl methyl sites for hydroxylation is 1. The Labute approximate surface area is 134 Å². The van der Waals surface area contributed by atoms with Gasteiger partial charge in [-0.2, -0.15) is 4.80 Å². The molecule has 0 bridgehead atoms. The number of hydrogen-bond acceptors (Lipinski definition) is 4. The van der Waals surface area contributed by atoms with Crippen LogP contribution >= 0.6 is 15.9 Å². The molecule has 0 amide bonds. The molecule has 0 spiro atoms. The van der Waals surface area contributed by atoms with Crippen molar-refractivity contribution in [3.63, 3.8) is 0 Å². The number of benzene rings is 1. The fraction of sp³-hybridized carbons (Fsp3) is 0.533. The maximum absolute atomic E-state index is 4.30. The van der Waals surface area contributed by atoms with Crippen LogP contribution in [0.5, 0.6) is 0 Å². The van der Waals surface area contributed by atoms with Gasteiger partial charge in [0.2, 0.25) is 0 Å². The van der Waals surface area contributed by atoms with Crippen molar-refractivity contribution in [2.75, 3.05) is 13.1 Å². The molecule has 0 radical (unpaired) electrons. The van der Waals surface area contributed by atoms with E-state index >= 15 is 0 Å². The molecule has 0 aliphatic rings. The van der Waals surface area contributed by atoms with E-state index in [1.165, 1.54) is 10.4 Å². The van der Waals surface area contributed by atoms with E-state index < -0.39 is 0 Å². The number of nitrogens with one attached hydrogen (secondary N) is 1. The van der Waals surface area contributed by atoms with Crippen molar-refractivity contribution in [2.24, 2.45) is 13.0 Å². The predicted molar refractivity (Wildman–Crippen MR) is 87.0 cm³/mol. The first-order chi connectivity index (χ1) is 10.2. The van der Waals surface area contributed by atoms with Gasteiger partial charge in [0.1, 0.15) is 0 Å². The first-order valence-electron chi connectivity index (χ1n) is 7.35. The highest BCUT2D eigenvalue weighted by molar-refractivity contribution is 9.10. The summed E-state index contributed by atoms with van der Waals surface area (Å²) in [6.45, 7) is 4.20. The monoisotopic (exact) mass is 351 g/mol. The number of halogens is 1. The lowest BCUT2D eigenvalue weighted by Crippen LogP contribution is -2.27. The van der Waals surface area contributed by atoms with E-state index in [0.717, 1.165) is 42.6 Å². The summed E-state index contributed by atoms with van der Waals surface area (Å²) in [5.74, 6) is 1.28. The van der Waals surface area contributed by atoms with Crippen LogP contribution in [0.25, 0.3) is 0 Å². The van der Waals surface area contributed by atoms with Crippen molar-refractivity contribution < 1.29 is 0 Å². The quantitative estimate of drug-likeness (QED) is 0.741. The van der Waals surface area contributed by atoms with E-state index in [-0.39, 0.29) is 0 Å². The molecule has 0 saturated heterocycles. The Bertz CT molecular complexity index is 555. The molecule has 0 saturated carbocycles. The molecule has 0 aliphatic carbocycles. The normalized spacial score (nSPS) is 12.5. The third-order valence-electron chi connectivity index (χ3n) is 3.29. The second-order valence-corrected chi connectivity index (χ2v) is 6.22. The van der Waals surface area contributed by atoms with Crippen LogP contribution in [0.4, 0.5) is 0 Å². The molecule has 1 N–H and O–H groups in total. The number of aromatic nitrogens is 4. The summed E-state index contributed by atoms with van der Waals surface area (Å²) in [7, 11) is 1.80. The molecule has 5 nitrogen and oxygen atoms in total. The average molecular weight is 352 g/mol. The molecule has 2 rings (SSSR count). The highest BCUT2D eigenvalue weighted by atomic mass is 79.9. The first-order valence-corrected chi connectivity index (χ1v) is 8.14. The van der Waals surface area contributed by atoms with E-state index in [9.17, 15) is 0 Å². The Morgan fingerprint density at radius 2 is 2.19 bits per heavy atom. The van der Waals surface area contributed by atoms with E-state index in [0.29, 0.717) is 5.92 Å². The molecule has 1 aromatic carbocycles. The second kappa shape index (κ2) is 8.24. The molecule has 21 heavy (non-hydrogen) atoms. The molecule has 114 valence electrons. The number of nitrogens with zero attached hydrogens (tertiary/aromatic N) is 4. The van der Waals surface area contributed by atoms with Crippen molar-refractivity contribution in [3.05, 3.63) is 40.1 Å². The smallest absolute Gasteiger partial charge is 0.175 e. The number of tetrazole rings is 1. The van der Waals surface area contributed by atoms with Gasteiger partial charge in [0.25, 0.3) is 0 Å². The predicted octanol–water partition coefficient (Wildman–Crippen LogP) is 2.37. The van der Waals surface area contributed by atoms with Crippen molar-refractivity contribution in [3.8, 4) is 0 Å². The Kier molecular flexibility index (Phi) is 6.32. The minimum Gasteiger partial charge on any atom is -0.316 e. The largest absolute Gasteiger partial charge is 0.316 e. The van der Waals surface area contributed by atoms with Gasteiger partial charge in [-0.1, -0.05) is 35.0 Å². The van der Waals surface area contributed by atoms with Crippen LogP contribution in [-0.4, -0.2) is 33.3 Å². The third kappa shape index (κ3) is 5.55. The average Bonchev–Trinajstić information content (AvgIpc) is 2.84. The molecular weight excluding hydrogens is 330 g/mol. The van der Waals surface area contributed by atoms with Gasteiger partial charge in [-0.25, -0.2) is 0 Å². The van der Waals surface area contributed by atoms with E-state index in [1.807, 2.05) is 0 Å². The van der Waals surface area contributed by atoms with Gasteiger partial charge in [-0.3, -0.25) is 0 Å². The van der Waals surface area contributed by atoms with E-state index in [4.69, 9.17) is 0 Å². The van der Waals surface area contributed by atoms with Crippen LogP contribution in [0.15, 0.2) is 28.7 Å². The summed E-state index contributed by atoms with van der Waals surface area (Å²) in [5.41, 5.74) is 1.33. The van der Waals surface area contributed by atoms with Gasteiger partial charge in [0, 0.05) is 10.9 Å². The van der Waals surface area contributed by atoms with Gasteiger partial charge in [0.05, 0.1) is 7.05 Å². The fourth-order valence-corrected chi connectivity index (χ4v) is 2.81. The molecule has 2 aromatic rings. The summed E-state index contributed by atoms with van der Waals surface area (Å²) in [4.78, 5) is 1.52. The Morgan fingerprint density at radius 3 is 2.86 bits per heavy atom. The van der Waals surface area contributed by atoms with Crippen LogP contribution in [-0.2, 0) is 19.9 Å². The number of hydrogen-bond donors (Lipinski definition) is 1. The molecule has 1 atom stereocenters. The van der Waals surface area contributed by atoms with E-state index in [2.05, 4.69) is 67.8 Å². The van der Waals surface area contributed by atoms with Crippen molar-refractivity contribution in [1.82, 2.24) is 25.5 Å². The van der Waals surface area contributed by atoms with Gasteiger partial charge in [0.15, 0.2) is 5.82 Å². The maximum Gasteiger partial charge on any atom is 0.175 e. The minimum atomic E-state index is 0.468. The maximum atomic E-state index is 4.30. The van der Waals surface area contributed by atoms with Gasteiger partial charge in [-0.05, 0) is 54.8 Å². The van der Waals surface area contributed by atoms with Gasteiger partial charge < -0.3 is 5.32 Å². The Balaban J connectivity index is 2.00. The summed E-state index contributed by atoms with van der Waals surface area (Å²) in [6, 6.07) is 8.48. The molecular formula is C15H22BrN5. The molecule has 1 unspecified atom stereocenters. The van der Waals surface area contributed by atoms with Crippen LogP contribution < -0.4 is 5.32 Å². The second-order valence-electron chi connectivity index (χ2n) is 5.30. The van der Waals surface area contributed by atoms with E-state index in [1.54, 1.807) is 7.05 Å². The lowest BCUT2D eigenvalue weighted by molar-refractivity contribution is 0.460. The molecule has 6 heteroatoms. The highest BCUT2D eigenvalue weighted by Gasteiger charge is 2.14. The van der Waals surface area contributed by atoms with Crippen LogP contribution in [0.3, 0.4) is 0 Å². The summed E-state index contributed by atoms with van der Waals surface area (Å²) in [6.07, 6.45) is 3.00. The van der Waals surface area contributed by atoms with Crippen molar-refractivity contribution in [1.29, 1.82) is 0 Å². The zero-order valence-electron chi connectivity index (χ0n) is 12.6. The SMILES string of the molecule is CCCNCC(Cc1cccc(Br)c1)Cc1nnn(C)n1. The zero-order chi connectivity index (χ0) is 15.1. The van der Waals surface area contributed by atoms with Crippen molar-refractivity contribution >= 4 is 15.9 Å². The first kappa shape index (κ1) is 16.1. The number of rotatable bonds is 8. The van der Waals surface area contributed by atoms with Crippen LogP contribution in [0, 0.1) is 5.92 Å². The Morgan fingerprint density at radius 1 is 1.33 bits per heavy atom. The summed E-state index contributed by atoms with van der Waals surface area (Å²) in [5, 5.41) is 15.8. The molecule has 0 fully saturated rings. The standard InChI is InChI=1S/C15H22BrN5/c1-3-7-17-11-13(10-15-18-20-21(2)19-15)8-12-5-4-6-14(16)9-12/h4-6,9,13,17H,3,7-8,10-11H2,1-2H3. The minimum absolute atomic E-state index is 0.468. The third-order valence-corrected chi connectivity index (χ3v) is 3.79. The molecule has 0 aliphatic heterocycles. The van der Waals surface area contributed by atoms with Crippen LogP contribution in [0.1, 0.15) is 24.7 Å².